The van der Waals surface area contributed by atoms with E-state index in [1.54, 1.807) is 12.1 Å². The Labute approximate surface area is 206 Å². The number of nitrogens with one attached hydrogen (secondary N) is 1. The van der Waals surface area contributed by atoms with Crippen LogP contribution in [0.15, 0.2) is 53.3 Å². The number of hydrogen-bond acceptors (Lipinski definition) is 3. The zero-order valence-electron chi connectivity index (χ0n) is 20.5. The molecule has 0 aliphatic rings. The molecule has 0 bridgehead atoms. The summed E-state index contributed by atoms with van der Waals surface area (Å²) in [4.78, 5) is 26.1. The van der Waals surface area contributed by atoms with Crippen molar-refractivity contribution in [2.24, 2.45) is 0 Å². The van der Waals surface area contributed by atoms with Gasteiger partial charge in [-0.2, -0.15) is 18.3 Å². The van der Waals surface area contributed by atoms with Gasteiger partial charge in [0.25, 0.3) is 5.56 Å². The predicted molar refractivity (Wildman–Crippen MR) is 134 cm³/mol. The molecule has 0 aliphatic heterocycles. The van der Waals surface area contributed by atoms with Gasteiger partial charge in [0.2, 0.25) is 5.91 Å². The number of fused-ring (bicyclic) bond motifs is 1. The van der Waals surface area contributed by atoms with Crippen LogP contribution in [0.1, 0.15) is 41.8 Å². The summed E-state index contributed by atoms with van der Waals surface area (Å²) < 4.78 is 44.2. The third-order valence-corrected chi connectivity index (χ3v) is 6.30. The first-order valence-corrected chi connectivity index (χ1v) is 11.7. The highest BCUT2D eigenvalue weighted by molar-refractivity contribution is 5.93. The summed E-state index contributed by atoms with van der Waals surface area (Å²) >= 11 is 0. The summed E-state index contributed by atoms with van der Waals surface area (Å²) in [6.07, 6.45) is -3.29. The molecule has 0 aliphatic carbocycles. The second kappa shape index (κ2) is 9.64. The van der Waals surface area contributed by atoms with E-state index in [1.165, 1.54) is 11.6 Å². The molecule has 0 radical (unpaired) electrons. The second-order valence-corrected chi connectivity index (χ2v) is 8.71. The van der Waals surface area contributed by atoms with E-state index < -0.39 is 29.8 Å². The number of pyridine rings is 1. The van der Waals surface area contributed by atoms with Crippen LogP contribution in [0.25, 0.3) is 16.7 Å². The van der Waals surface area contributed by atoms with Gasteiger partial charge in [0, 0.05) is 11.8 Å². The summed E-state index contributed by atoms with van der Waals surface area (Å²) in [7, 11) is 0. The molecule has 0 saturated heterocycles. The zero-order valence-corrected chi connectivity index (χ0v) is 20.5. The molecule has 2 aromatic heterocycles. The van der Waals surface area contributed by atoms with Crippen LogP contribution in [0.3, 0.4) is 0 Å². The van der Waals surface area contributed by atoms with Gasteiger partial charge in [-0.05, 0) is 55.5 Å². The zero-order chi connectivity index (χ0) is 26.2. The number of alkyl halides is 3. The number of amides is 1. The van der Waals surface area contributed by atoms with Crippen molar-refractivity contribution in [3.8, 4) is 5.69 Å². The van der Waals surface area contributed by atoms with Crippen molar-refractivity contribution in [3.05, 3.63) is 86.8 Å². The Kier molecular flexibility index (Phi) is 6.75. The molecule has 0 spiro atoms. The Bertz CT molecular complexity index is 1500. The number of nitrogens with zero attached hydrogens (tertiary/aromatic N) is 3. The molecule has 2 aromatic carbocycles. The van der Waals surface area contributed by atoms with Crippen LogP contribution in [0, 0.1) is 13.8 Å². The Morgan fingerprint density at radius 3 is 2.33 bits per heavy atom. The van der Waals surface area contributed by atoms with Gasteiger partial charge in [-0.15, -0.1) is 0 Å². The molecular weight excluding hydrogens is 469 g/mol. The first kappa shape index (κ1) is 25.2. The van der Waals surface area contributed by atoms with E-state index in [-0.39, 0.29) is 16.7 Å². The molecule has 188 valence electrons. The first-order valence-electron chi connectivity index (χ1n) is 11.7. The number of rotatable bonds is 6. The summed E-state index contributed by atoms with van der Waals surface area (Å²) in [5.74, 6) is -0.520. The summed E-state index contributed by atoms with van der Waals surface area (Å²) in [6, 6.07) is 13.4. The van der Waals surface area contributed by atoms with Crippen molar-refractivity contribution in [2.75, 3.05) is 5.32 Å². The Morgan fingerprint density at radius 1 is 1.03 bits per heavy atom. The molecule has 6 nitrogen and oxygen atoms in total. The summed E-state index contributed by atoms with van der Waals surface area (Å²) in [5, 5.41) is 6.99. The lowest BCUT2D eigenvalue weighted by Crippen LogP contribution is -2.30. The van der Waals surface area contributed by atoms with Gasteiger partial charge < -0.3 is 5.32 Å². The van der Waals surface area contributed by atoms with Crippen molar-refractivity contribution in [1.29, 1.82) is 0 Å². The first-order chi connectivity index (χ1) is 17.0. The molecule has 36 heavy (non-hydrogen) atoms. The van der Waals surface area contributed by atoms with E-state index >= 15 is 0 Å². The average Bonchev–Trinajstić information content (AvgIpc) is 3.18. The van der Waals surface area contributed by atoms with Crippen LogP contribution >= 0.6 is 0 Å². The van der Waals surface area contributed by atoms with E-state index in [4.69, 9.17) is 0 Å². The minimum Gasteiger partial charge on any atom is -0.324 e. The third-order valence-electron chi connectivity index (χ3n) is 6.30. The van der Waals surface area contributed by atoms with Crippen molar-refractivity contribution >= 4 is 22.6 Å². The minimum absolute atomic E-state index is 0.0766. The highest BCUT2D eigenvalue weighted by atomic mass is 19.4. The topological polar surface area (TPSA) is 68.9 Å². The number of benzene rings is 2. The molecule has 4 rings (SSSR count). The Morgan fingerprint density at radius 2 is 1.72 bits per heavy atom. The second-order valence-electron chi connectivity index (χ2n) is 8.71. The Hall–Kier alpha value is -3.88. The maximum absolute atomic E-state index is 13.9. The number of aryl methyl sites for hydroxylation is 4. The molecule has 0 saturated carbocycles. The number of halogens is 3. The van der Waals surface area contributed by atoms with Crippen molar-refractivity contribution in [1.82, 2.24) is 14.3 Å². The van der Waals surface area contributed by atoms with Crippen LogP contribution in [0.2, 0.25) is 0 Å². The van der Waals surface area contributed by atoms with Gasteiger partial charge in [-0.3, -0.25) is 14.2 Å². The lowest BCUT2D eigenvalue weighted by Gasteiger charge is -2.16. The fourth-order valence-corrected chi connectivity index (χ4v) is 4.41. The number of anilines is 1. The lowest BCUT2D eigenvalue weighted by atomic mass is 10.1. The van der Waals surface area contributed by atoms with E-state index in [2.05, 4.69) is 10.4 Å². The quantitative estimate of drug-likeness (QED) is 0.379. The standard InChI is InChI=1S/C27H27F3N4O2/c1-5-18-10-12-20(13-11-18)34-26-24(17(4)32-34)21(27(28,29)30)14-23(36)33(26)15-22(35)31-25-16(3)8-7-9-19(25)6-2/h7-14H,5-6,15H2,1-4H3,(H,31,35). The van der Waals surface area contributed by atoms with Gasteiger partial charge in [-0.25, -0.2) is 4.68 Å². The summed E-state index contributed by atoms with van der Waals surface area (Å²) in [5.41, 5.74) is 1.98. The van der Waals surface area contributed by atoms with E-state index in [9.17, 15) is 22.8 Å². The number of hydrogen-bond donors (Lipinski definition) is 1. The highest BCUT2D eigenvalue weighted by Gasteiger charge is 2.36. The molecule has 2 heterocycles. The average molecular weight is 497 g/mol. The molecule has 0 atom stereocenters. The normalized spacial score (nSPS) is 11.8. The van der Waals surface area contributed by atoms with Crippen LogP contribution in [0.4, 0.5) is 18.9 Å². The van der Waals surface area contributed by atoms with Gasteiger partial charge in [0.15, 0.2) is 0 Å². The van der Waals surface area contributed by atoms with E-state index in [0.29, 0.717) is 23.9 Å². The molecule has 4 aromatic rings. The van der Waals surface area contributed by atoms with Crippen LogP contribution < -0.4 is 10.9 Å². The third kappa shape index (κ3) is 4.65. The molecule has 1 amide bonds. The molecular formula is C27H27F3N4O2. The number of para-hydroxylation sites is 1. The van der Waals surface area contributed by atoms with Gasteiger partial charge >= 0.3 is 6.18 Å². The van der Waals surface area contributed by atoms with Crippen molar-refractivity contribution in [3.63, 3.8) is 0 Å². The van der Waals surface area contributed by atoms with E-state index in [1.807, 2.05) is 51.1 Å². The number of carbonyl (C=O) groups is 1. The number of carbonyl (C=O) groups excluding carboxylic acids is 1. The van der Waals surface area contributed by atoms with Crippen molar-refractivity contribution < 1.29 is 18.0 Å². The van der Waals surface area contributed by atoms with Crippen LogP contribution in [0.5, 0.6) is 0 Å². The van der Waals surface area contributed by atoms with Crippen LogP contribution in [-0.2, 0) is 30.4 Å². The summed E-state index contributed by atoms with van der Waals surface area (Å²) in [6.45, 7) is 6.80. The minimum atomic E-state index is -4.76. The fourth-order valence-electron chi connectivity index (χ4n) is 4.41. The predicted octanol–water partition coefficient (Wildman–Crippen LogP) is 5.59. The SMILES string of the molecule is CCc1ccc(-n2nc(C)c3c(C(F)(F)F)cc(=O)n(CC(=O)Nc4c(C)cccc4CC)c32)cc1. The monoisotopic (exact) mass is 496 g/mol. The smallest absolute Gasteiger partial charge is 0.324 e. The molecule has 1 N–H and O–H groups in total. The maximum Gasteiger partial charge on any atom is 0.417 e. The number of aromatic nitrogens is 3. The fraction of sp³-hybridized carbons (Fsp3) is 0.296. The van der Waals surface area contributed by atoms with Gasteiger partial charge in [-0.1, -0.05) is 44.2 Å². The van der Waals surface area contributed by atoms with Crippen LogP contribution in [-0.4, -0.2) is 20.3 Å². The Balaban J connectivity index is 1.89. The van der Waals surface area contributed by atoms with Crippen molar-refractivity contribution in [2.45, 2.75) is 53.3 Å². The lowest BCUT2D eigenvalue weighted by molar-refractivity contribution is -0.136. The molecule has 0 fully saturated rings. The van der Waals surface area contributed by atoms with E-state index in [0.717, 1.165) is 27.7 Å². The molecule has 9 heteroatoms. The van der Waals surface area contributed by atoms with Gasteiger partial charge in [0.1, 0.15) is 12.2 Å². The van der Waals surface area contributed by atoms with Gasteiger partial charge in [0.05, 0.1) is 22.3 Å². The largest absolute Gasteiger partial charge is 0.417 e. The maximum atomic E-state index is 13.9. The highest BCUT2D eigenvalue weighted by Crippen LogP contribution is 2.36. The molecule has 0 unspecified atom stereocenters.